The molecule has 0 aliphatic carbocycles. The Morgan fingerprint density at radius 1 is 0.426 bits per heavy atom. The van der Waals surface area contributed by atoms with E-state index in [2.05, 4.69) is 252 Å². The minimum Gasteiger partial charge on any atom is 0.0620 e. The van der Waals surface area contributed by atoms with Crippen molar-refractivity contribution >= 4 is 70.9 Å². The van der Waals surface area contributed by atoms with E-state index < -0.39 is 0 Å². The first kappa shape index (κ1) is 42.6. The van der Waals surface area contributed by atoms with E-state index in [-0.39, 0.29) is 16.2 Å². The Morgan fingerprint density at radius 2 is 0.971 bits per heavy atom. The van der Waals surface area contributed by atoms with Crippen molar-refractivity contribution in [3.8, 4) is 28.7 Å². The first-order chi connectivity index (χ1) is 32.4. The zero-order valence-electron chi connectivity index (χ0n) is 40.4. The number of pyridine rings is 1. The first-order valence-electron chi connectivity index (χ1n) is 23.7. The Labute approximate surface area is 407 Å². The molecule has 0 aliphatic heterocycles. The van der Waals surface area contributed by atoms with Gasteiger partial charge in [-0.25, -0.2) is 0 Å². The third-order valence-electron chi connectivity index (χ3n) is 14.1. The molecule has 12 aromatic rings. The molecule has 0 saturated carbocycles. The number of aryl methyl sites for hydroxylation is 1. The quantitative estimate of drug-likeness (QED) is 0.172. The molecule has 0 unspecified atom stereocenters. The van der Waals surface area contributed by atoms with E-state index >= 15 is 0 Å². The van der Waals surface area contributed by atoms with Crippen LogP contribution >= 0.6 is 0 Å². The van der Waals surface area contributed by atoms with Gasteiger partial charge in [0, 0.05) is 27.7 Å². The molecule has 0 amide bonds. The first-order valence-corrected chi connectivity index (χ1v) is 24.8. The monoisotopic (exact) mass is 1070 g/mol. The van der Waals surface area contributed by atoms with Crippen molar-refractivity contribution in [2.45, 2.75) is 85.5 Å². The summed E-state index contributed by atoms with van der Waals surface area (Å²) < 4.78 is 17.8. The number of benzene rings is 7. The van der Waals surface area contributed by atoms with E-state index in [1.165, 1.54) is 65.9 Å². The van der Waals surface area contributed by atoms with Gasteiger partial charge < -0.3 is 4.40 Å². The zero-order valence-corrected chi connectivity index (χ0v) is 42.7. The number of fused-ring (bicyclic) bond motifs is 10. The van der Waals surface area contributed by atoms with Crippen LogP contribution in [0.1, 0.15) is 84.6 Å². The average Bonchev–Trinajstić information content (AvgIpc) is 4.00. The number of rotatable bonds is 5. The maximum atomic E-state index is 7.09. The van der Waals surface area contributed by atoms with Crippen LogP contribution in [0.5, 0.6) is 11.5 Å². The summed E-state index contributed by atoms with van der Waals surface area (Å²) in [6.07, 6.45) is 1.91. The number of nitrogens with zero attached hydrogens (tertiary/aromatic N) is 5. The van der Waals surface area contributed by atoms with Gasteiger partial charge in [-0.15, -0.1) is 0 Å². The number of imidazole rings is 1. The van der Waals surface area contributed by atoms with Crippen LogP contribution in [-0.4, -0.2) is 23.1 Å². The molecule has 0 fully saturated rings. The summed E-state index contributed by atoms with van der Waals surface area (Å²) in [7, 11) is 0. The second-order valence-corrected chi connectivity index (χ2v) is 22.9. The fraction of sp³-hybridized carbons (Fsp3) is 0.213. The molecule has 340 valence electrons. The summed E-state index contributed by atoms with van der Waals surface area (Å²) in [5.41, 5.74) is 15.2. The summed E-state index contributed by atoms with van der Waals surface area (Å²) in [5.74, 6) is 2.42. The van der Waals surface area contributed by atoms with Crippen molar-refractivity contribution in [2.75, 3.05) is 0 Å². The fourth-order valence-corrected chi connectivity index (χ4v) is 11.6. The number of ether oxygens (including phenoxy) is 1. The van der Waals surface area contributed by atoms with E-state index in [1.54, 1.807) is 0 Å². The molecule has 0 N–H and O–H groups in total. The topological polar surface area (TPSA) is 41.3 Å². The molecule has 0 saturated heterocycles. The van der Waals surface area contributed by atoms with Crippen molar-refractivity contribution < 1.29 is 24.1 Å². The second-order valence-electron chi connectivity index (χ2n) is 21.9. The molecule has 68 heavy (non-hydrogen) atoms. The van der Waals surface area contributed by atoms with Crippen molar-refractivity contribution in [1.82, 2.24) is 23.1 Å². The van der Waals surface area contributed by atoms with Crippen molar-refractivity contribution in [2.24, 2.45) is 0 Å². The standard InChI is InChI=1S/C61H55N5O.Pt/c1-37-24-25-62-57(26-37)65-54-33-43(22-23-46(54)49-34-50-48-18-15-17-47-45-16-11-12-19-51(45)66(58(47)48)56(50)35-55(49)65)67-44-31-40(61(8,9)10)30-42(32-44)64-36-63(52-20-13-14-21-53(52)64)41-28-38(59(2,3)4)27-39(29-41)60(5,6)7;/h11-35H,1-10H3;. The normalized spacial score (nSPS) is 12.9. The Balaban J connectivity index is 1.05. The van der Waals surface area contributed by atoms with Gasteiger partial charge in [-0.05, 0) is 24.6 Å². The molecule has 6 nitrogen and oxygen atoms in total. The maximum absolute atomic E-state index is 7.09. The van der Waals surface area contributed by atoms with Gasteiger partial charge in [-0.3, -0.25) is 0 Å². The number of aromatic nitrogens is 5. The van der Waals surface area contributed by atoms with Crippen LogP contribution in [0.15, 0.2) is 152 Å². The summed E-state index contributed by atoms with van der Waals surface area (Å²) in [4.78, 5) is 4.99. The molecule has 0 bridgehead atoms. The summed E-state index contributed by atoms with van der Waals surface area (Å²) in [5, 5.41) is 7.41. The summed E-state index contributed by atoms with van der Waals surface area (Å²) >= 11 is 2.53. The molecule has 0 aliphatic rings. The van der Waals surface area contributed by atoms with Crippen LogP contribution in [-0.2, 0) is 35.6 Å². The Morgan fingerprint density at radius 3 is 1.62 bits per heavy atom. The van der Waals surface area contributed by atoms with Gasteiger partial charge >= 0.3 is 300 Å². The Bertz CT molecular complexity index is 4070. The molecule has 7 heteroatoms. The predicted molar refractivity (Wildman–Crippen MR) is 280 cm³/mol. The van der Waals surface area contributed by atoms with E-state index in [9.17, 15) is 0 Å². The van der Waals surface area contributed by atoms with Crippen LogP contribution < -0.4 is 4.74 Å². The second kappa shape index (κ2) is 14.9. The molecule has 0 radical (unpaired) electrons. The minimum absolute atomic E-state index is 0.0147. The van der Waals surface area contributed by atoms with Crippen LogP contribution in [0.25, 0.3) is 88.1 Å². The summed E-state index contributed by atoms with van der Waals surface area (Å²) in [6.45, 7) is 22.8. The summed E-state index contributed by atoms with van der Waals surface area (Å²) in [6, 6.07) is 53.7. The van der Waals surface area contributed by atoms with E-state index in [0.29, 0.717) is 0 Å². The van der Waals surface area contributed by atoms with Gasteiger partial charge in [0.1, 0.15) is 0 Å². The van der Waals surface area contributed by atoms with Crippen LogP contribution in [0.2, 0.25) is 0 Å². The van der Waals surface area contributed by atoms with E-state index in [4.69, 9.17) is 9.72 Å². The van der Waals surface area contributed by atoms with Gasteiger partial charge in [0.15, 0.2) is 0 Å². The molecular formula is C61H55N5OPt. The minimum atomic E-state index is -0.149. The third-order valence-corrected chi connectivity index (χ3v) is 15.1. The molecule has 0 spiro atoms. The molecule has 5 aromatic heterocycles. The van der Waals surface area contributed by atoms with Gasteiger partial charge in [0.25, 0.3) is 0 Å². The molecule has 12 rings (SSSR count). The molecule has 7 aromatic carbocycles. The van der Waals surface area contributed by atoms with E-state index in [1.807, 2.05) is 6.20 Å². The van der Waals surface area contributed by atoms with Gasteiger partial charge in [-0.1, -0.05) is 36.4 Å². The number of hydrogen-bond donors (Lipinski definition) is 0. The van der Waals surface area contributed by atoms with Gasteiger partial charge in [-0.2, -0.15) is 0 Å². The third kappa shape index (κ3) is 6.62. The van der Waals surface area contributed by atoms with Crippen molar-refractivity contribution in [1.29, 1.82) is 0 Å². The Kier molecular flexibility index (Phi) is 9.32. The predicted octanol–water partition coefficient (Wildman–Crippen LogP) is 16.1. The molecule has 0 atom stereocenters. The van der Waals surface area contributed by atoms with E-state index in [0.717, 1.165) is 59.8 Å². The van der Waals surface area contributed by atoms with Crippen LogP contribution in [0.3, 0.4) is 0 Å². The van der Waals surface area contributed by atoms with Crippen LogP contribution in [0, 0.1) is 10.7 Å². The van der Waals surface area contributed by atoms with Crippen molar-refractivity contribution in [3.63, 3.8) is 0 Å². The van der Waals surface area contributed by atoms with Crippen molar-refractivity contribution in [3.05, 3.63) is 178 Å². The molecule has 5 heterocycles. The SMILES string of the molecule is Cc1ccnc(-n2c3cc(Oc4cc(-n5[c](=[Pt])n(-c6cc(C(C)(C)C)cc(C(C)(C)C)c6)c6ccccc65)cc(C(C)(C)C)c4)ccc3c3cc4c5cccc6c7ccccc7n(c4cc32)c65)c1. The Hall–Kier alpha value is -6.75. The number of hydrogen-bond acceptors (Lipinski definition) is 2. The van der Waals surface area contributed by atoms with Crippen LogP contribution in [0.4, 0.5) is 0 Å². The van der Waals surface area contributed by atoms with Gasteiger partial charge in [0.05, 0.1) is 16.6 Å². The number of para-hydroxylation sites is 4. The molecular weight excluding hydrogens is 1010 g/mol. The van der Waals surface area contributed by atoms with Gasteiger partial charge in [0.2, 0.25) is 0 Å². The average molecular weight is 1070 g/mol. The fourth-order valence-electron chi connectivity index (χ4n) is 10.4. The smallest absolute Gasteiger partial charge is 0.0620 e. The zero-order chi connectivity index (χ0) is 47.2.